The molecule has 0 amide bonds. The highest BCUT2D eigenvalue weighted by atomic mass is 19.4. The van der Waals surface area contributed by atoms with E-state index in [0.29, 0.717) is 6.07 Å². The number of nitrogens with two attached hydrogens (primary N) is 1. The molecule has 1 aromatic rings. The Morgan fingerprint density at radius 3 is 2.31 bits per heavy atom. The quantitative estimate of drug-likeness (QED) is 0.775. The predicted octanol–water partition coefficient (Wildman–Crippen LogP) is 2.23. The molecule has 0 fully saturated rings. The third-order valence-electron chi connectivity index (χ3n) is 2.14. The monoisotopic (exact) mass is 237 g/mol. The van der Waals surface area contributed by atoms with Crippen LogP contribution >= 0.6 is 0 Å². The summed E-state index contributed by atoms with van der Waals surface area (Å²) in [4.78, 5) is 0. The molecule has 0 saturated carbocycles. The molecule has 0 radical (unpaired) electrons. The molecule has 2 atom stereocenters. The van der Waals surface area contributed by atoms with Gasteiger partial charge >= 0.3 is 6.18 Å². The second-order valence-corrected chi connectivity index (χ2v) is 3.53. The lowest BCUT2D eigenvalue weighted by Gasteiger charge is -2.20. The summed E-state index contributed by atoms with van der Waals surface area (Å²) in [5.41, 5.74) is 3.70. The largest absolute Gasteiger partial charge is 0.416 e. The average molecular weight is 237 g/mol. The predicted molar refractivity (Wildman–Crippen MR) is 50.0 cm³/mol. The van der Waals surface area contributed by atoms with Crippen molar-refractivity contribution >= 4 is 0 Å². The molecule has 6 heteroatoms. The van der Waals surface area contributed by atoms with E-state index in [2.05, 4.69) is 0 Å². The molecular weight excluding hydrogens is 226 g/mol. The lowest BCUT2D eigenvalue weighted by Crippen LogP contribution is -2.26. The highest BCUT2D eigenvalue weighted by Crippen LogP contribution is 2.35. The molecule has 0 aliphatic heterocycles. The van der Waals surface area contributed by atoms with Gasteiger partial charge in [0.2, 0.25) is 0 Å². The summed E-state index contributed by atoms with van der Waals surface area (Å²) in [6, 6.07) is 1.23. The maximum Gasteiger partial charge on any atom is 0.416 e. The van der Waals surface area contributed by atoms with Crippen molar-refractivity contribution in [3.8, 4) is 0 Å². The normalized spacial score (nSPS) is 15.9. The first-order valence-corrected chi connectivity index (χ1v) is 4.53. The van der Waals surface area contributed by atoms with Crippen LogP contribution in [0.25, 0.3) is 0 Å². The minimum Gasteiger partial charge on any atom is -0.387 e. The van der Waals surface area contributed by atoms with Gasteiger partial charge in [-0.05, 0) is 24.6 Å². The summed E-state index contributed by atoms with van der Waals surface area (Å²) < 4.78 is 50.3. The number of alkyl halides is 3. The Bertz CT molecular complexity index is 376. The Morgan fingerprint density at radius 2 is 1.88 bits per heavy atom. The molecular formula is C10H11F4NO. The van der Waals surface area contributed by atoms with E-state index < -0.39 is 35.3 Å². The zero-order valence-corrected chi connectivity index (χ0v) is 8.42. The van der Waals surface area contributed by atoms with Crippen LogP contribution in [-0.2, 0) is 6.18 Å². The van der Waals surface area contributed by atoms with Gasteiger partial charge in [-0.2, -0.15) is 13.2 Å². The van der Waals surface area contributed by atoms with Gasteiger partial charge in [0.25, 0.3) is 0 Å². The van der Waals surface area contributed by atoms with Crippen LogP contribution in [0.1, 0.15) is 24.2 Å². The first kappa shape index (κ1) is 12.9. The van der Waals surface area contributed by atoms with E-state index in [0.717, 1.165) is 12.1 Å². The van der Waals surface area contributed by atoms with Crippen molar-refractivity contribution in [1.82, 2.24) is 0 Å². The standard InChI is InChI=1S/C10H11F4NO/c1-5(15)9(16)7-3-2-6(11)4-8(7)10(12,13)14/h2-5,9,16H,15H2,1H3/t5-,9-/m1/s1. The van der Waals surface area contributed by atoms with Gasteiger partial charge in [-0.25, -0.2) is 4.39 Å². The Kier molecular flexibility index (Phi) is 3.54. The molecule has 2 nitrogen and oxygen atoms in total. The van der Waals surface area contributed by atoms with Gasteiger partial charge in [0, 0.05) is 6.04 Å². The zero-order valence-electron chi connectivity index (χ0n) is 8.42. The van der Waals surface area contributed by atoms with E-state index in [-0.39, 0.29) is 0 Å². The topological polar surface area (TPSA) is 46.2 Å². The zero-order chi connectivity index (χ0) is 12.5. The summed E-state index contributed by atoms with van der Waals surface area (Å²) in [5, 5.41) is 9.49. The summed E-state index contributed by atoms with van der Waals surface area (Å²) in [6.45, 7) is 1.37. The molecule has 0 heterocycles. The molecule has 0 bridgehead atoms. The van der Waals surface area contributed by atoms with Crippen molar-refractivity contribution in [1.29, 1.82) is 0 Å². The maximum atomic E-state index is 12.7. The van der Waals surface area contributed by atoms with Crippen LogP contribution in [0.5, 0.6) is 0 Å². The molecule has 3 N–H and O–H groups in total. The van der Waals surface area contributed by atoms with Crippen molar-refractivity contribution in [3.63, 3.8) is 0 Å². The van der Waals surface area contributed by atoms with Crippen LogP contribution in [0.4, 0.5) is 17.6 Å². The average Bonchev–Trinajstić information content (AvgIpc) is 2.15. The van der Waals surface area contributed by atoms with Crippen LogP contribution in [0.2, 0.25) is 0 Å². The van der Waals surface area contributed by atoms with Gasteiger partial charge in [0.15, 0.2) is 0 Å². The molecule has 90 valence electrons. The lowest BCUT2D eigenvalue weighted by atomic mass is 9.98. The van der Waals surface area contributed by atoms with Crippen molar-refractivity contribution < 1.29 is 22.7 Å². The van der Waals surface area contributed by atoms with Crippen molar-refractivity contribution in [3.05, 3.63) is 35.1 Å². The molecule has 0 spiro atoms. The molecule has 0 aliphatic rings. The summed E-state index contributed by atoms with van der Waals surface area (Å²) in [5.74, 6) is -1.01. The highest BCUT2D eigenvalue weighted by Gasteiger charge is 2.36. The number of hydrogen-bond acceptors (Lipinski definition) is 2. The number of rotatable bonds is 2. The SMILES string of the molecule is C[C@@H](N)[C@@H](O)c1ccc(F)cc1C(F)(F)F. The van der Waals surface area contributed by atoms with E-state index in [9.17, 15) is 22.7 Å². The first-order chi connectivity index (χ1) is 7.23. The Morgan fingerprint density at radius 1 is 1.31 bits per heavy atom. The van der Waals surface area contributed by atoms with Crippen LogP contribution in [-0.4, -0.2) is 11.1 Å². The molecule has 16 heavy (non-hydrogen) atoms. The molecule has 1 aromatic carbocycles. The van der Waals surface area contributed by atoms with E-state index in [1.54, 1.807) is 0 Å². The van der Waals surface area contributed by atoms with E-state index in [1.165, 1.54) is 6.92 Å². The van der Waals surface area contributed by atoms with E-state index >= 15 is 0 Å². The molecule has 0 aromatic heterocycles. The minimum absolute atomic E-state index is 0.348. The fourth-order valence-corrected chi connectivity index (χ4v) is 1.32. The number of benzene rings is 1. The Balaban J connectivity index is 3.29. The minimum atomic E-state index is -4.71. The second kappa shape index (κ2) is 4.39. The van der Waals surface area contributed by atoms with Gasteiger partial charge in [-0.1, -0.05) is 6.07 Å². The fraction of sp³-hybridized carbons (Fsp3) is 0.400. The van der Waals surface area contributed by atoms with Crippen LogP contribution < -0.4 is 5.73 Å². The smallest absolute Gasteiger partial charge is 0.387 e. The van der Waals surface area contributed by atoms with Gasteiger partial charge in [-0.3, -0.25) is 0 Å². The van der Waals surface area contributed by atoms with Crippen molar-refractivity contribution in [2.75, 3.05) is 0 Å². The highest BCUT2D eigenvalue weighted by molar-refractivity contribution is 5.32. The molecule has 1 rings (SSSR count). The van der Waals surface area contributed by atoms with E-state index in [4.69, 9.17) is 5.73 Å². The van der Waals surface area contributed by atoms with Gasteiger partial charge < -0.3 is 10.8 Å². The van der Waals surface area contributed by atoms with Crippen molar-refractivity contribution in [2.45, 2.75) is 25.2 Å². The first-order valence-electron chi connectivity index (χ1n) is 4.53. The van der Waals surface area contributed by atoms with Crippen LogP contribution in [0, 0.1) is 5.82 Å². The Hall–Kier alpha value is -1.14. The lowest BCUT2D eigenvalue weighted by molar-refractivity contribution is -0.139. The van der Waals surface area contributed by atoms with Gasteiger partial charge in [0.1, 0.15) is 5.82 Å². The number of hydrogen-bond donors (Lipinski definition) is 2. The second-order valence-electron chi connectivity index (χ2n) is 3.53. The fourth-order valence-electron chi connectivity index (χ4n) is 1.32. The summed E-state index contributed by atoms with van der Waals surface area (Å²) in [6.07, 6.45) is -6.19. The molecule has 0 saturated heterocycles. The molecule has 0 unspecified atom stereocenters. The van der Waals surface area contributed by atoms with Gasteiger partial charge in [0.05, 0.1) is 11.7 Å². The number of aliphatic hydroxyl groups excluding tert-OH is 1. The molecule has 0 aliphatic carbocycles. The van der Waals surface area contributed by atoms with Crippen molar-refractivity contribution in [2.24, 2.45) is 5.73 Å². The maximum absolute atomic E-state index is 12.7. The van der Waals surface area contributed by atoms with Crippen LogP contribution in [0.3, 0.4) is 0 Å². The van der Waals surface area contributed by atoms with Crippen LogP contribution in [0.15, 0.2) is 18.2 Å². The third-order valence-corrected chi connectivity index (χ3v) is 2.14. The van der Waals surface area contributed by atoms with E-state index in [1.807, 2.05) is 0 Å². The summed E-state index contributed by atoms with van der Waals surface area (Å²) in [7, 11) is 0. The third kappa shape index (κ3) is 2.70. The number of halogens is 4. The Labute approximate surface area is 89.7 Å². The summed E-state index contributed by atoms with van der Waals surface area (Å²) >= 11 is 0. The van der Waals surface area contributed by atoms with Gasteiger partial charge in [-0.15, -0.1) is 0 Å². The number of aliphatic hydroxyl groups is 1.